The van der Waals surface area contributed by atoms with Crippen molar-refractivity contribution in [3.63, 3.8) is 0 Å². The van der Waals surface area contributed by atoms with Crippen LogP contribution in [0.25, 0.3) is 0 Å². The minimum Gasteiger partial charge on any atom is -0.484 e. The fourth-order valence-electron chi connectivity index (χ4n) is 3.06. The van der Waals surface area contributed by atoms with Crippen LogP contribution in [0, 0.1) is 13.8 Å². The molecule has 1 atom stereocenters. The number of nitrogens with one attached hydrogen (secondary N) is 1. The summed E-state index contributed by atoms with van der Waals surface area (Å²) in [5, 5.41) is 4.34. The maximum Gasteiger partial charge on any atom is 0.261 e. The topological polar surface area (TPSA) is 58.6 Å². The maximum absolute atomic E-state index is 13.1. The van der Waals surface area contributed by atoms with E-state index in [0.29, 0.717) is 26.4 Å². The molecule has 0 aliphatic heterocycles. The highest BCUT2D eigenvalue weighted by Gasteiger charge is 2.28. The molecule has 0 bridgehead atoms. The van der Waals surface area contributed by atoms with Gasteiger partial charge in [-0.2, -0.15) is 0 Å². The zero-order valence-electron chi connectivity index (χ0n) is 18.3. The number of aryl methyl sites for hydroxylation is 2. The molecular weight excluding hydrogens is 459 g/mol. The van der Waals surface area contributed by atoms with Gasteiger partial charge < -0.3 is 15.0 Å². The predicted octanol–water partition coefficient (Wildman–Crippen LogP) is 5.58. The Morgan fingerprint density at radius 2 is 1.58 bits per heavy atom. The number of nitrogens with zero attached hydrogens (tertiary/aromatic N) is 1. The van der Waals surface area contributed by atoms with Crippen molar-refractivity contribution >= 4 is 46.6 Å². The van der Waals surface area contributed by atoms with Crippen LogP contribution in [-0.2, 0) is 16.1 Å². The zero-order valence-corrected chi connectivity index (χ0v) is 20.5. The fourth-order valence-corrected chi connectivity index (χ4v) is 3.69. The van der Waals surface area contributed by atoms with Crippen molar-refractivity contribution in [3.8, 4) is 5.75 Å². The minimum absolute atomic E-state index is 0.0629. The Balaban J connectivity index is 2.26. The fraction of sp³-hybridized carbons (Fsp3) is 0.391. The average Bonchev–Trinajstić information content (AvgIpc) is 2.69. The Kier molecular flexibility index (Phi) is 9.04. The van der Waals surface area contributed by atoms with Crippen LogP contribution in [0.3, 0.4) is 0 Å². The van der Waals surface area contributed by atoms with E-state index >= 15 is 0 Å². The van der Waals surface area contributed by atoms with E-state index in [4.69, 9.17) is 39.5 Å². The van der Waals surface area contributed by atoms with Gasteiger partial charge in [0.25, 0.3) is 5.91 Å². The van der Waals surface area contributed by atoms with Crippen LogP contribution in [0.15, 0.2) is 30.3 Å². The summed E-state index contributed by atoms with van der Waals surface area (Å²) in [5.41, 5.74) is 2.28. The van der Waals surface area contributed by atoms with Gasteiger partial charge in [0.1, 0.15) is 11.8 Å². The molecule has 2 amide bonds. The van der Waals surface area contributed by atoms with Gasteiger partial charge in [0, 0.05) is 33.2 Å². The van der Waals surface area contributed by atoms with Crippen molar-refractivity contribution in [2.24, 2.45) is 0 Å². The van der Waals surface area contributed by atoms with Crippen LogP contribution in [0.5, 0.6) is 5.75 Å². The lowest BCUT2D eigenvalue weighted by Gasteiger charge is -2.30. The van der Waals surface area contributed by atoms with Crippen LogP contribution in [0.1, 0.15) is 37.5 Å². The van der Waals surface area contributed by atoms with E-state index in [9.17, 15) is 9.59 Å². The van der Waals surface area contributed by atoms with Gasteiger partial charge in [-0.15, -0.1) is 0 Å². The van der Waals surface area contributed by atoms with E-state index in [1.807, 2.05) is 27.7 Å². The van der Waals surface area contributed by atoms with Gasteiger partial charge in [-0.1, -0.05) is 40.9 Å². The molecule has 168 valence electrons. The van der Waals surface area contributed by atoms with Gasteiger partial charge in [-0.05, 0) is 70.0 Å². The molecule has 0 fully saturated rings. The molecular formula is C23H27Cl3N2O3. The molecule has 0 saturated carbocycles. The molecule has 31 heavy (non-hydrogen) atoms. The first-order chi connectivity index (χ1) is 14.5. The van der Waals surface area contributed by atoms with Gasteiger partial charge in [-0.25, -0.2) is 0 Å². The molecule has 5 nitrogen and oxygen atoms in total. The van der Waals surface area contributed by atoms with Crippen molar-refractivity contribution in [3.05, 3.63) is 62.1 Å². The van der Waals surface area contributed by atoms with Gasteiger partial charge in [0.15, 0.2) is 6.61 Å². The summed E-state index contributed by atoms with van der Waals surface area (Å²) in [7, 11) is 0. The lowest BCUT2D eigenvalue weighted by molar-refractivity contribution is -0.142. The van der Waals surface area contributed by atoms with Crippen molar-refractivity contribution in [2.45, 2.75) is 53.2 Å². The molecule has 8 heteroatoms. The second-order valence-corrected chi connectivity index (χ2v) is 8.91. The number of carbonyl (C=O) groups is 2. The molecule has 1 N–H and O–H groups in total. The zero-order chi connectivity index (χ0) is 23.3. The standard InChI is InChI=1S/C23H27Cl3N2O3/c1-13(2)27-23(30)16(5)28(11-18-19(24)7-6-8-20(18)25)21(29)12-31-17-9-14(3)22(26)15(4)10-17/h6-10,13,16H,11-12H2,1-5H3,(H,27,30). The number of carbonyl (C=O) groups excluding carboxylic acids is 2. The summed E-state index contributed by atoms with van der Waals surface area (Å²) >= 11 is 18.8. The van der Waals surface area contributed by atoms with Crippen LogP contribution in [0.4, 0.5) is 0 Å². The van der Waals surface area contributed by atoms with Crippen molar-refractivity contribution in [1.29, 1.82) is 0 Å². The summed E-state index contributed by atoms with van der Waals surface area (Å²) in [6.45, 7) is 8.94. The van der Waals surface area contributed by atoms with E-state index in [2.05, 4.69) is 5.32 Å². The number of ether oxygens (including phenoxy) is 1. The summed E-state index contributed by atoms with van der Waals surface area (Å²) < 4.78 is 5.73. The number of rotatable bonds is 8. The highest BCUT2D eigenvalue weighted by molar-refractivity contribution is 6.36. The highest BCUT2D eigenvalue weighted by Crippen LogP contribution is 2.28. The predicted molar refractivity (Wildman–Crippen MR) is 126 cm³/mol. The SMILES string of the molecule is Cc1cc(OCC(=O)N(Cc2c(Cl)cccc2Cl)C(C)C(=O)NC(C)C)cc(C)c1Cl. The summed E-state index contributed by atoms with van der Waals surface area (Å²) in [4.78, 5) is 27.2. The number of benzene rings is 2. The Morgan fingerprint density at radius 3 is 2.10 bits per heavy atom. The molecule has 0 heterocycles. The van der Waals surface area contributed by atoms with Crippen LogP contribution >= 0.6 is 34.8 Å². The number of hydrogen-bond donors (Lipinski definition) is 1. The monoisotopic (exact) mass is 484 g/mol. The second-order valence-electron chi connectivity index (χ2n) is 7.72. The van der Waals surface area contributed by atoms with Crippen LogP contribution in [-0.4, -0.2) is 35.4 Å². The largest absolute Gasteiger partial charge is 0.484 e. The number of halogens is 3. The van der Waals surface area contributed by atoms with E-state index in [1.54, 1.807) is 37.3 Å². The molecule has 0 aromatic heterocycles. The Labute approximate surface area is 198 Å². The molecule has 0 saturated heterocycles. The molecule has 0 spiro atoms. The lowest BCUT2D eigenvalue weighted by atomic mass is 10.1. The van der Waals surface area contributed by atoms with Gasteiger partial charge in [-0.3, -0.25) is 9.59 Å². The highest BCUT2D eigenvalue weighted by atomic mass is 35.5. The van der Waals surface area contributed by atoms with Crippen LogP contribution < -0.4 is 10.1 Å². The first-order valence-corrected chi connectivity index (χ1v) is 11.1. The van der Waals surface area contributed by atoms with Gasteiger partial charge >= 0.3 is 0 Å². The molecule has 2 aromatic carbocycles. The lowest BCUT2D eigenvalue weighted by Crippen LogP contribution is -2.50. The second kappa shape index (κ2) is 11.1. The van der Waals surface area contributed by atoms with Crippen molar-refractivity contribution in [1.82, 2.24) is 10.2 Å². The van der Waals surface area contributed by atoms with E-state index in [0.717, 1.165) is 11.1 Å². The quantitative estimate of drug-likeness (QED) is 0.531. The third-order valence-corrected chi connectivity index (χ3v) is 6.07. The summed E-state index contributed by atoms with van der Waals surface area (Å²) in [6, 6.07) is 7.84. The van der Waals surface area contributed by atoms with E-state index < -0.39 is 6.04 Å². The molecule has 2 rings (SSSR count). The maximum atomic E-state index is 13.1. The number of amides is 2. The molecule has 1 unspecified atom stereocenters. The first kappa shape index (κ1) is 25.3. The smallest absolute Gasteiger partial charge is 0.261 e. The van der Waals surface area contributed by atoms with Crippen molar-refractivity contribution < 1.29 is 14.3 Å². The normalized spacial score (nSPS) is 11.9. The summed E-state index contributed by atoms with van der Waals surface area (Å²) in [6.07, 6.45) is 0. The molecule has 0 aliphatic rings. The number of hydrogen-bond acceptors (Lipinski definition) is 3. The third-order valence-electron chi connectivity index (χ3n) is 4.76. The molecule has 2 aromatic rings. The van der Waals surface area contributed by atoms with Crippen molar-refractivity contribution in [2.75, 3.05) is 6.61 Å². The average molecular weight is 486 g/mol. The van der Waals surface area contributed by atoms with E-state index in [1.165, 1.54) is 4.90 Å². The van der Waals surface area contributed by atoms with E-state index in [-0.39, 0.29) is 31.0 Å². The van der Waals surface area contributed by atoms with Crippen LogP contribution in [0.2, 0.25) is 15.1 Å². The minimum atomic E-state index is -0.750. The molecule has 0 aliphatic carbocycles. The Hall–Kier alpha value is -1.95. The molecule has 0 radical (unpaired) electrons. The Bertz CT molecular complexity index is 920. The third kappa shape index (κ3) is 6.76. The Morgan fingerprint density at radius 1 is 1.03 bits per heavy atom. The van der Waals surface area contributed by atoms with Gasteiger partial charge in [0.05, 0.1) is 0 Å². The van der Waals surface area contributed by atoms with Gasteiger partial charge in [0.2, 0.25) is 5.91 Å². The first-order valence-electron chi connectivity index (χ1n) is 9.93. The summed E-state index contributed by atoms with van der Waals surface area (Å²) in [5.74, 6) is -0.111.